The van der Waals surface area contributed by atoms with E-state index in [0.717, 1.165) is 23.2 Å². The number of amides is 1. The molecule has 1 aromatic heterocycles. The number of halogens is 1. The van der Waals surface area contributed by atoms with Crippen LogP contribution in [-0.4, -0.2) is 17.1 Å². The first kappa shape index (κ1) is 20.1. The monoisotopic (exact) mass is 410 g/mol. The van der Waals surface area contributed by atoms with Gasteiger partial charge in [-0.15, -0.1) is 0 Å². The van der Waals surface area contributed by atoms with Gasteiger partial charge in [0.1, 0.15) is 18.2 Å². The van der Waals surface area contributed by atoms with Crippen LogP contribution in [0.15, 0.2) is 53.1 Å². The number of carbonyl (C=O) groups excluding carboxylic acids is 1. The Morgan fingerprint density at radius 2 is 2.03 bits per heavy atom. The highest BCUT2D eigenvalue weighted by Gasteiger charge is 2.25. The lowest BCUT2D eigenvalue weighted by Crippen LogP contribution is -2.29. The summed E-state index contributed by atoms with van der Waals surface area (Å²) in [4.78, 5) is 12.7. The predicted octanol–water partition coefficient (Wildman–Crippen LogP) is 3.88. The molecule has 1 amide bonds. The van der Waals surface area contributed by atoms with Crippen molar-refractivity contribution >= 4 is 11.6 Å². The van der Waals surface area contributed by atoms with Gasteiger partial charge in [-0.1, -0.05) is 22.9 Å². The van der Waals surface area contributed by atoms with Crippen LogP contribution in [-0.2, 0) is 6.61 Å². The van der Waals surface area contributed by atoms with Crippen LogP contribution in [0.25, 0.3) is 0 Å². The van der Waals surface area contributed by atoms with Crippen molar-refractivity contribution in [3.05, 3.63) is 76.9 Å². The third-order valence-corrected chi connectivity index (χ3v) is 4.91. The number of ether oxygens (including phenoxy) is 1. The highest BCUT2D eigenvalue weighted by molar-refractivity contribution is 6.03. The molecular weight excluding hydrogens is 387 g/mol. The summed E-state index contributed by atoms with van der Waals surface area (Å²) in [6.07, 6.45) is 0.918. The van der Waals surface area contributed by atoms with Crippen LogP contribution in [0.4, 0.5) is 10.1 Å². The number of hydrazine groups is 1. The molecule has 8 heteroatoms. The molecule has 0 aliphatic carbocycles. The number of nitrogens with zero attached hydrogens (tertiary/aromatic N) is 1. The summed E-state index contributed by atoms with van der Waals surface area (Å²) in [5, 5.41) is 6.77. The Bertz CT molecular complexity index is 1040. The zero-order valence-electron chi connectivity index (χ0n) is 16.7. The van der Waals surface area contributed by atoms with Crippen molar-refractivity contribution in [1.82, 2.24) is 16.0 Å². The summed E-state index contributed by atoms with van der Waals surface area (Å²) in [5.74, 6) is 0.185. The van der Waals surface area contributed by atoms with Crippen molar-refractivity contribution in [2.75, 3.05) is 5.32 Å². The lowest BCUT2D eigenvalue weighted by Gasteiger charge is -2.16. The van der Waals surface area contributed by atoms with Crippen molar-refractivity contribution in [2.24, 2.45) is 0 Å². The molecule has 0 spiro atoms. The molecule has 156 valence electrons. The van der Waals surface area contributed by atoms with Gasteiger partial charge in [-0.25, -0.2) is 9.82 Å². The van der Waals surface area contributed by atoms with Crippen LogP contribution < -0.4 is 20.9 Å². The Morgan fingerprint density at radius 1 is 1.23 bits per heavy atom. The lowest BCUT2D eigenvalue weighted by atomic mass is 9.98. The third kappa shape index (κ3) is 4.67. The smallest absolute Gasteiger partial charge is 0.277 e. The summed E-state index contributed by atoms with van der Waals surface area (Å²) in [7, 11) is 0. The van der Waals surface area contributed by atoms with Gasteiger partial charge in [-0.3, -0.25) is 10.2 Å². The molecule has 2 unspecified atom stereocenters. The SMILES string of the molecule is Cc1ccc(NC(=O)c2cc(COc3ccc(F)cc3)on2)c(C2CC(C)NN2)c1. The zero-order chi connectivity index (χ0) is 21.1. The number of hydrogen-bond acceptors (Lipinski definition) is 6. The van der Waals surface area contributed by atoms with Gasteiger partial charge in [0, 0.05) is 23.8 Å². The second-order valence-electron chi connectivity index (χ2n) is 7.44. The van der Waals surface area contributed by atoms with E-state index in [9.17, 15) is 9.18 Å². The number of aromatic nitrogens is 1. The average Bonchev–Trinajstić information content (AvgIpc) is 3.38. The molecule has 3 aromatic rings. The van der Waals surface area contributed by atoms with Crippen molar-refractivity contribution < 1.29 is 18.4 Å². The van der Waals surface area contributed by atoms with Gasteiger partial charge in [0.25, 0.3) is 5.91 Å². The Kier molecular flexibility index (Phi) is 5.78. The second-order valence-corrected chi connectivity index (χ2v) is 7.44. The van der Waals surface area contributed by atoms with E-state index in [4.69, 9.17) is 9.26 Å². The topological polar surface area (TPSA) is 88.4 Å². The van der Waals surface area contributed by atoms with Gasteiger partial charge in [-0.05, 0) is 56.2 Å². The summed E-state index contributed by atoms with van der Waals surface area (Å²) in [6, 6.07) is 13.6. The normalized spacial score (nSPS) is 18.4. The maximum Gasteiger partial charge on any atom is 0.277 e. The number of hydrogen-bond donors (Lipinski definition) is 3. The van der Waals surface area contributed by atoms with Gasteiger partial charge in [0.2, 0.25) is 0 Å². The fourth-order valence-electron chi connectivity index (χ4n) is 3.36. The van der Waals surface area contributed by atoms with Gasteiger partial charge < -0.3 is 14.6 Å². The van der Waals surface area contributed by atoms with Gasteiger partial charge in [0.05, 0.1) is 0 Å². The predicted molar refractivity (Wildman–Crippen MR) is 109 cm³/mol. The minimum atomic E-state index is -0.365. The van der Waals surface area contributed by atoms with E-state index in [1.54, 1.807) is 0 Å². The molecular formula is C22H23FN4O3. The number of anilines is 1. The van der Waals surface area contributed by atoms with Crippen LogP contribution in [0.5, 0.6) is 5.75 Å². The van der Waals surface area contributed by atoms with Crippen molar-refractivity contribution in [3.63, 3.8) is 0 Å². The quantitative estimate of drug-likeness (QED) is 0.572. The first-order valence-corrected chi connectivity index (χ1v) is 9.75. The molecule has 1 aliphatic rings. The fraction of sp³-hybridized carbons (Fsp3) is 0.273. The molecule has 2 heterocycles. The van der Waals surface area contributed by atoms with Crippen molar-refractivity contribution in [2.45, 2.75) is 39.0 Å². The molecule has 2 aromatic carbocycles. The van der Waals surface area contributed by atoms with E-state index >= 15 is 0 Å². The Morgan fingerprint density at radius 3 is 2.77 bits per heavy atom. The van der Waals surface area contributed by atoms with E-state index < -0.39 is 0 Å². The van der Waals surface area contributed by atoms with E-state index in [1.165, 1.54) is 30.3 Å². The van der Waals surface area contributed by atoms with Crippen LogP contribution in [0, 0.1) is 12.7 Å². The van der Waals surface area contributed by atoms with E-state index in [-0.39, 0.29) is 30.1 Å². The van der Waals surface area contributed by atoms with E-state index in [0.29, 0.717) is 17.6 Å². The van der Waals surface area contributed by atoms with Crippen LogP contribution >= 0.6 is 0 Å². The zero-order valence-corrected chi connectivity index (χ0v) is 16.7. The summed E-state index contributed by atoms with van der Waals surface area (Å²) >= 11 is 0. The summed E-state index contributed by atoms with van der Waals surface area (Å²) in [6.45, 7) is 4.20. The van der Waals surface area contributed by atoms with E-state index in [1.807, 2.05) is 19.1 Å². The van der Waals surface area contributed by atoms with Gasteiger partial charge in [-0.2, -0.15) is 0 Å². The highest BCUT2D eigenvalue weighted by Crippen LogP contribution is 2.30. The largest absolute Gasteiger partial charge is 0.486 e. The molecule has 3 N–H and O–H groups in total. The number of carbonyl (C=O) groups is 1. The highest BCUT2D eigenvalue weighted by atomic mass is 19.1. The molecule has 1 saturated heterocycles. The van der Waals surface area contributed by atoms with Crippen LogP contribution in [0.3, 0.4) is 0 Å². The summed E-state index contributed by atoms with van der Waals surface area (Å²) in [5.41, 5.74) is 9.50. The molecule has 1 aliphatic heterocycles. The number of nitrogens with one attached hydrogen (secondary N) is 3. The summed E-state index contributed by atoms with van der Waals surface area (Å²) < 4.78 is 23.7. The first-order chi connectivity index (χ1) is 14.5. The number of aryl methyl sites for hydroxylation is 1. The van der Waals surface area contributed by atoms with Crippen molar-refractivity contribution in [3.8, 4) is 5.75 Å². The average molecular weight is 410 g/mol. The Balaban J connectivity index is 1.43. The van der Waals surface area contributed by atoms with Crippen LogP contribution in [0.1, 0.15) is 46.8 Å². The minimum absolute atomic E-state index is 0.0806. The molecule has 2 atom stereocenters. The van der Waals surface area contributed by atoms with Crippen LogP contribution in [0.2, 0.25) is 0 Å². The Hall–Kier alpha value is -3.23. The number of rotatable bonds is 6. The fourth-order valence-corrected chi connectivity index (χ4v) is 3.36. The molecule has 0 radical (unpaired) electrons. The maximum atomic E-state index is 13.0. The Labute approximate surface area is 173 Å². The minimum Gasteiger partial charge on any atom is -0.486 e. The number of benzene rings is 2. The molecule has 1 fully saturated rings. The molecule has 0 saturated carbocycles. The maximum absolute atomic E-state index is 13.0. The molecule has 7 nitrogen and oxygen atoms in total. The van der Waals surface area contributed by atoms with Crippen molar-refractivity contribution in [1.29, 1.82) is 0 Å². The van der Waals surface area contributed by atoms with Gasteiger partial charge >= 0.3 is 0 Å². The van der Waals surface area contributed by atoms with E-state index in [2.05, 4.69) is 34.3 Å². The first-order valence-electron chi connectivity index (χ1n) is 9.75. The second kappa shape index (κ2) is 8.64. The van der Waals surface area contributed by atoms with Gasteiger partial charge in [0.15, 0.2) is 11.5 Å². The molecule has 0 bridgehead atoms. The standard InChI is InChI=1S/C22H23FN4O3/c1-13-3-8-19(18(9-13)20-10-14(2)25-26-20)24-22(28)21-11-17(30-27-21)12-29-16-6-4-15(23)5-7-16/h3-9,11,14,20,25-26H,10,12H2,1-2H3,(H,24,28). The lowest BCUT2D eigenvalue weighted by molar-refractivity contribution is 0.101. The molecule has 30 heavy (non-hydrogen) atoms. The third-order valence-electron chi connectivity index (χ3n) is 4.91. The molecule has 4 rings (SSSR count).